The van der Waals surface area contributed by atoms with Crippen molar-refractivity contribution >= 4 is 5.97 Å². The molecule has 4 heteroatoms. The van der Waals surface area contributed by atoms with Crippen LogP contribution in [0.25, 0.3) is 0 Å². The van der Waals surface area contributed by atoms with Gasteiger partial charge < -0.3 is 15.7 Å². The van der Waals surface area contributed by atoms with Crippen molar-refractivity contribution in [1.82, 2.24) is 4.90 Å². The van der Waals surface area contributed by atoms with E-state index in [1.807, 2.05) is 6.92 Å². The number of hydrogen-bond acceptors (Lipinski definition) is 3. The normalized spacial score (nSPS) is 18.8. The van der Waals surface area contributed by atoms with Gasteiger partial charge in [-0.3, -0.25) is 4.79 Å². The first-order valence-electron chi connectivity index (χ1n) is 7.65. The maximum atomic E-state index is 11.2. The monoisotopic (exact) mass is 270 g/mol. The standard InChI is InChI=1S/C15H30N2O2/c1-4-15(16,14(18)19)9-5-10-17(13-6-7-13)11-8-12(2)3/h12-13H,4-11,16H2,1-3H3,(H,18,19). The third-order valence-electron chi connectivity index (χ3n) is 4.18. The fourth-order valence-corrected chi connectivity index (χ4v) is 2.37. The molecular weight excluding hydrogens is 240 g/mol. The molecule has 0 aromatic rings. The first-order valence-corrected chi connectivity index (χ1v) is 7.65. The van der Waals surface area contributed by atoms with Gasteiger partial charge in [0.05, 0.1) is 0 Å². The Morgan fingerprint density at radius 3 is 2.47 bits per heavy atom. The van der Waals surface area contributed by atoms with E-state index in [0.717, 1.165) is 31.5 Å². The SMILES string of the molecule is CCC(N)(CCCN(CCC(C)C)C1CC1)C(=O)O. The second kappa shape index (κ2) is 7.25. The van der Waals surface area contributed by atoms with Gasteiger partial charge in [-0.05, 0) is 57.5 Å². The Morgan fingerprint density at radius 1 is 1.42 bits per heavy atom. The minimum Gasteiger partial charge on any atom is -0.480 e. The van der Waals surface area contributed by atoms with E-state index < -0.39 is 11.5 Å². The highest BCUT2D eigenvalue weighted by atomic mass is 16.4. The van der Waals surface area contributed by atoms with Gasteiger partial charge in [0, 0.05) is 6.04 Å². The van der Waals surface area contributed by atoms with E-state index in [4.69, 9.17) is 10.8 Å². The summed E-state index contributed by atoms with van der Waals surface area (Å²) in [6.07, 6.45) is 5.78. The van der Waals surface area contributed by atoms with Gasteiger partial charge >= 0.3 is 5.97 Å². The van der Waals surface area contributed by atoms with Crippen LogP contribution in [0, 0.1) is 5.92 Å². The lowest BCUT2D eigenvalue weighted by Crippen LogP contribution is -2.47. The second-order valence-electron chi connectivity index (χ2n) is 6.37. The predicted octanol–water partition coefficient (Wildman–Crippen LogP) is 2.47. The molecule has 0 radical (unpaired) electrons. The molecule has 0 aliphatic heterocycles. The number of carboxylic acids is 1. The lowest BCUT2D eigenvalue weighted by molar-refractivity contribution is -0.143. The molecule has 0 aromatic carbocycles. The van der Waals surface area contributed by atoms with Crippen LogP contribution in [0.5, 0.6) is 0 Å². The maximum absolute atomic E-state index is 11.2. The van der Waals surface area contributed by atoms with E-state index in [-0.39, 0.29) is 0 Å². The molecule has 0 amide bonds. The Labute approximate surface area is 117 Å². The number of nitrogens with two attached hydrogens (primary N) is 1. The summed E-state index contributed by atoms with van der Waals surface area (Å²) in [4.78, 5) is 13.7. The van der Waals surface area contributed by atoms with Gasteiger partial charge in [-0.2, -0.15) is 0 Å². The number of rotatable bonds is 10. The number of carboxylic acid groups (broad SMARTS) is 1. The highest BCUT2D eigenvalue weighted by Gasteiger charge is 2.33. The van der Waals surface area contributed by atoms with Crippen LogP contribution >= 0.6 is 0 Å². The van der Waals surface area contributed by atoms with E-state index >= 15 is 0 Å². The third-order valence-corrected chi connectivity index (χ3v) is 4.18. The highest BCUT2D eigenvalue weighted by molar-refractivity contribution is 5.78. The van der Waals surface area contributed by atoms with Gasteiger partial charge in [-0.1, -0.05) is 20.8 Å². The molecule has 1 saturated carbocycles. The summed E-state index contributed by atoms with van der Waals surface area (Å²) in [7, 11) is 0. The van der Waals surface area contributed by atoms with Gasteiger partial charge in [-0.25, -0.2) is 0 Å². The Morgan fingerprint density at radius 2 is 2.05 bits per heavy atom. The molecule has 0 spiro atoms. The molecule has 4 nitrogen and oxygen atoms in total. The molecule has 1 unspecified atom stereocenters. The lowest BCUT2D eigenvalue weighted by Gasteiger charge is -2.26. The van der Waals surface area contributed by atoms with Crippen LogP contribution in [0.15, 0.2) is 0 Å². The summed E-state index contributed by atoms with van der Waals surface area (Å²) >= 11 is 0. The van der Waals surface area contributed by atoms with Crippen LogP contribution in [-0.4, -0.2) is 40.6 Å². The Hall–Kier alpha value is -0.610. The van der Waals surface area contributed by atoms with Gasteiger partial charge in [0.1, 0.15) is 5.54 Å². The van der Waals surface area contributed by atoms with Crippen molar-refractivity contribution in [3.63, 3.8) is 0 Å². The topological polar surface area (TPSA) is 66.6 Å². The van der Waals surface area contributed by atoms with Crippen LogP contribution in [0.3, 0.4) is 0 Å². The molecule has 112 valence electrons. The summed E-state index contributed by atoms with van der Waals surface area (Å²) < 4.78 is 0. The number of aliphatic carboxylic acids is 1. The van der Waals surface area contributed by atoms with Crippen molar-refractivity contribution in [2.24, 2.45) is 11.7 Å². The van der Waals surface area contributed by atoms with Crippen LogP contribution in [0.1, 0.15) is 59.3 Å². The lowest BCUT2D eigenvalue weighted by atomic mass is 9.91. The van der Waals surface area contributed by atoms with Crippen molar-refractivity contribution in [2.45, 2.75) is 70.9 Å². The molecule has 1 aliphatic carbocycles. The molecule has 1 atom stereocenters. The summed E-state index contributed by atoms with van der Waals surface area (Å²) in [5, 5.41) is 9.16. The Balaban J connectivity index is 2.33. The molecule has 0 bridgehead atoms. The minimum absolute atomic E-state index is 0.498. The second-order valence-corrected chi connectivity index (χ2v) is 6.37. The zero-order valence-electron chi connectivity index (χ0n) is 12.7. The quantitative estimate of drug-likeness (QED) is 0.640. The van der Waals surface area contributed by atoms with Crippen LogP contribution in [-0.2, 0) is 4.79 Å². The maximum Gasteiger partial charge on any atom is 0.323 e. The molecule has 19 heavy (non-hydrogen) atoms. The van der Waals surface area contributed by atoms with Gasteiger partial charge in [0.2, 0.25) is 0 Å². The average molecular weight is 270 g/mol. The fraction of sp³-hybridized carbons (Fsp3) is 0.933. The summed E-state index contributed by atoms with van der Waals surface area (Å²) in [6.45, 7) is 8.48. The van der Waals surface area contributed by atoms with E-state index in [1.165, 1.54) is 19.3 Å². The van der Waals surface area contributed by atoms with E-state index in [2.05, 4.69) is 18.7 Å². The molecular formula is C15H30N2O2. The Bertz CT molecular complexity index is 290. The molecule has 1 aliphatic rings. The van der Waals surface area contributed by atoms with Gasteiger partial charge in [-0.15, -0.1) is 0 Å². The zero-order valence-corrected chi connectivity index (χ0v) is 12.7. The van der Waals surface area contributed by atoms with Crippen LogP contribution < -0.4 is 5.73 Å². The van der Waals surface area contributed by atoms with E-state index in [1.54, 1.807) is 0 Å². The Kier molecular flexibility index (Phi) is 6.27. The molecule has 0 heterocycles. The fourth-order valence-electron chi connectivity index (χ4n) is 2.37. The average Bonchev–Trinajstić information content (AvgIpc) is 3.16. The summed E-state index contributed by atoms with van der Waals surface area (Å²) in [6, 6.07) is 0.748. The first-order chi connectivity index (χ1) is 8.89. The molecule has 0 aromatic heterocycles. The molecule has 0 saturated heterocycles. The highest BCUT2D eigenvalue weighted by Crippen LogP contribution is 2.28. The number of carbonyl (C=O) groups is 1. The molecule has 3 N–H and O–H groups in total. The largest absolute Gasteiger partial charge is 0.480 e. The van der Waals surface area contributed by atoms with Crippen molar-refractivity contribution in [1.29, 1.82) is 0 Å². The molecule has 1 fully saturated rings. The molecule has 1 rings (SSSR count). The minimum atomic E-state index is -1.03. The van der Waals surface area contributed by atoms with Gasteiger partial charge in [0.25, 0.3) is 0 Å². The number of hydrogen-bond donors (Lipinski definition) is 2. The van der Waals surface area contributed by atoms with Gasteiger partial charge in [0.15, 0.2) is 0 Å². The zero-order chi connectivity index (χ0) is 14.5. The summed E-state index contributed by atoms with van der Waals surface area (Å²) in [5.74, 6) is -0.139. The van der Waals surface area contributed by atoms with Crippen LogP contribution in [0.4, 0.5) is 0 Å². The van der Waals surface area contributed by atoms with E-state index in [0.29, 0.717) is 12.8 Å². The smallest absolute Gasteiger partial charge is 0.323 e. The predicted molar refractivity (Wildman–Crippen MR) is 78.1 cm³/mol. The van der Waals surface area contributed by atoms with Crippen molar-refractivity contribution in [3.8, 4) is 0 Å². The van der Waals surface area contributed by atoms with Crippen molar-refractivity contribution in [2.75, 3.05) is 13.1 Å². The third kappa shape index (κ3) is 5.49. The first kappa shape index (κ1) is 16.4. The summed E-state index contributed by atoms with van der Waals surface area (Å²) in [5.41, 5.74) is 4.89. The van der Waals surface area contributed by atoms with Crippen LogP contribution in [0.2, 0.25) is 0 Å². The van der Waals surface area contributed by atoms with E-state index in [9.17, 15) is 4.79 Å². The van der Waals surface area contributed by atoms with Crippen molar-refractivity contribution in [3.05, 3.63) is 0 Å². The number of nitrogens with zero attached hydrogens (tertiary/aromatic N) is 1. The van der Waals surface area contributed by atoms with Crippen molar-refractivity contribution < 1.29 is 9.90 Å².